The highest BCUT2D eigenvalue weighted by Crippen LogP contribution is 2.41. The first-order chi connectivity index (χ1) is 14.4. The Morgan fingerprint density at radius 2 is 1.58 bits per heavy atom. The van der Waals surface area contributed by atoms with Gasteiger partial charge >= 0.3 is 12.4 Å². The number of aliphatic hydroxyl groups is 1. The monoisotopic (exact) mass is 446 g/mol. The molecule has 2 aromatic rings. The van der Waals surface area contributed by atoms with Gasteiger partial charge in [-0.2, -0.15) is 26.3 Å². The summed E-state index contributed by atoms with van der Waals surface area (Å²) in [5.41, 5.74) is -4.78. The normalized spacial score (nSPS) is 16.5. The molecule has 168 valence electrons. The lowest BCUT2D eigenvalue weighted by molar-refractivity contribution is -0.260. The number of amides is 1. The van der Waals surface area contributed by atoms with Crippen LogP contribution >= 0.6 is 0 Å². The number of nitrogens with one attached hydrogen (secondary N) is 2. The van der Waals surface area contributed by atoms with Crippen molar-refractivity contribution in [2.75, 3.05) is 11.9 Å². The van der Waals surface area contributed by atoms with Crippen LogP contribution in [-0.2, 0) is 23.1 Å². The van der Waals surface area contributed by atoms with E-state index in [2.05, 4.69) is 10.6 Å². The molecule has 0 spiro atoms. The first kappa shape index (κ1) is 22.9. The van der Waals surface area contributed by atoms with Crippen molar-refractivity contribution in [3.8, 4) is 0 Å². The first-order valence-electron chi connectivity index (χ1n) is 9.47. The van der Waals surface area contributed by atoms with Crippen LogP contribution in [0.3, 0.4) is 0 Å². The first-order valence-corrected chi connectivity index (χ1v) is 9.47. The number of alkyl halides is 6. The lowest BCUT2D eigenvalue weighted by atomic mass is 9.91. The summed E-state index contributed by atoms with van der Waals surface area (Å²) in [5.74, 6) is 0.00960. The van der Waals surface area contributed by atoms with Gasteiger partial charge in [0.15, 0.2) is 0 Å². The lowest BCUT2D eigenvalue weighted by Gasteiger charge is -2.32. The van der Waals surface area contributed by atoms with Crippen LogP contribution in [0.15, 0.2) is 48.5 Å². The molecule has 0 heterocycles. The molecule has 2 aromatic carbocycles. The molecule has 0 aliphatic heterocycles. The van der Waals surface area contributed by atoms with E-state index < -0.39 is 35.6 Å². The number of hydrogen-bond donors (Lipinski definition) is 3. The van der Waals surface area contributed by atoms with Gasteiger partial charge in [0.1, 0.15) is 0 Å². The molecular formula is C21H20F6N2O2. The minimum atomic E-state index is -5.22. The van der Waals surface area contributed by atoms with Crippen LogP contribution in [0.1, 0.15) is 29.5 Å². The Kier molecular flexibility index (Phi) is 6.22. The highest BCUT2D eigenvalue weighted by Gasteiger charge is 2.55. The molecule has 1 atom stereocenters. The number of halogens is 6. The van der Waals surface area contributed by atoms with Crippen molar-refractivity contribution < 1.29 is 36.2 Å². The largest absolute Gasteiger partial charge is 0.423 e. The van der Waals surface area contributed by atoms with Gasteiger partial charge in [0.25, 0.3) is 0 Å². The molecule has 1 aliphatic rings. The molecule has 0 aromatic heterocycles. The van der Waals surface area contributed by atoms with Crippen LogP contribution in [0.2, 0.25) is 0 Å². The van der Waals surface area contributed by atoms with Crippen LogP contribution < -0.4 is 10.6 Å². The maximum atomic E-state index is 13.6. The third-order valence-electron chi connectivity index (χ3n) is 5.05. The van der Waals surface area contributed by atoms with Crippen molar-refractivity contribution in [1.29, 1.82) is 0 Å². The number of carbonyl (C=O) groups excluding carboxylic acids is 1. The number of benzene rings is 2. The van der Waals surface area contributed by atoms with E-state index in [4.69, 9.17) is 0 Å². The summed E-state index contributed by atoms with van der Waals surface area (Å²) in [6, 6.07) is 8.65. The Labute approximate surface area is 174 Å². The Bertz CT molecular complexity index is 923. The van der Waals surface area contributed by atoms with Gasteiger partial charge in [0, 0.05) is 18.2 Å². The lowest BCUT2D eigenvalue weighted by Crippen LogP contribution is -2.47. The fourth-order valence-corrected chi connectivity index (χ4v) is 2.97. The molecule has 4 nitrogen and oxygen atoms in total. The van der Waals surface area contributed by atoms with Crippen molar-refractivity contribution in [2.45, 2.75) is 37.3 Å². The summed E-state index contributed by atoms with van der Waals surface area (Å²) >= 11 is 0. The van der Waals surface area contributed by atoms with Gasteiger partial charge in [0.2, 0.25) is 11.5 Å². The summed E-state index contributed by atoms with van der Waals surface area (Å²) in [7, 11) is 0. The van der Waals surface area contributed by atoms with Crippen molar-refractivity contribution in [3.63, 3.8) is 0 Å². The second-order valence-corrected chi connectivity index (χ2v) is 7.48. The second-order valence-electron chi connectivity index (χ2n) is 7.48. The molecule has 31 heavy (non-hydrogen) atoms. The van der Waals surface area contributed by atoms with E-state index in [1.807, 2.05) is 0 Å². The van der Waals surface area contributed by atoms with E-state index in [0.717, 1.165) is 30.5 Å². The number of rotatable bonds is 7. The van der Waals surface area contributed by atoms with Crippen molar-refractivity contribution in [3.05, 3.63) is 65.2 Å². The predicted octanol–water partition coefficient (Wildman–Crippen LogP) is 4.59. The van der Waals surface area contributed by atoms with Gasteiger partial charge in [-0.05, 0) is 48.2 Å². The van der Waals surface area contributed by atoms with Crippen LogP contribution in [0.25, 0.3) is 0 Å². The quantitative estimate of drug-likeness (QED) is 0.545. The Hall–Kier alpha value is -2.75. The van der Waals surface area contributed by atoms with Gasteiger partial charge in [-0.15, -0.1) is 0 Å². The van der Waals surface area contributed by atoms with E-state index in [1.54, 1.807) is 12.1 Å². The summed E-state index contributed by atoms with van der Waals surface area (Å²) in [4.78, 5) is 11.6. The second kappa shape index (κ2) is 8.41. The zero-order chi connectivity index (χ0) is 22.9. The van der Waals surface area contributed by atoms with E-state index in [0.29, 0.717) is 12.1 Å². The molecule has 0 radical (unpaired) electrons. The molecule has 3 rings (SSSR count). The van der Waals surface area contributed by atoms with Gasteiger partial charge in [-0.1, -0.05) is 24.3 Å². The molecule has 0 unspecified atom stereocenters. The molecule has 3 N–H and O–H groups in total. The zero-order valence-corrected chi connectivity index (χ0v) is 16.1. The highest BCUT2D eigenvalue weighted by molar-refractivity contribution is 5.80. The Morgan fingerprint density at radius 1 is 0.968 bits per heavy atom. The number of hydrogen-bond acceptors (Lipinski definition) is 3. The SMILES string of the molecule is O=C(NCc1ccc(NC[C@@](O)(c2cccc(C(F)(F)F)c2)C(F)(F)F)cc1)C1CC1. The fraction of sp³-hybridized carbons (Fsp3) is 0.381. The molecule has 0 saturated heterocycles. The number of carbonyl (C=O) groups is 1. The smallest absolute Gasteiger partial charge is 0.381 e. The van der Waals surface area contributed by atoms with E-state index in [1.165, 1.54) is 12.1 Å². The van der Waals surface area contributed by atoms with Gasteiger partial charge in [-0.25, -0.2) is 0 Å². The molecule has 1 amide bonds. The van der Waals surface area contributed by atoms with Crippen LogP contribution in [0.5, 0.6) is 0 Å². The van der Waals surface area contributed by atoms with Crippen molar-refractivity contribution in [1.82, 2.24) is 5.32 Å². The van der Waals surface area contributed by atoms with Crippen LogP contribution in [0, 0.1) is 5.92 Å². The maximum absolute atomic E-state index is 13.6. The van der Waals surface area contributed by atoms with Gasteiger partial charge < -0.3 is 15.7 Å². The minimum absolute atomic E-state index is 0.0430. The average molecular weight is 446 g/mol. The standard InChI is InChI=1S/C21H20F6N2O2/c22-20(23,24)16-3-1-2-15(10-16)19(31,21(25,26)27)12-29-17-8-4-13(5-9-17)11-28-18(30)14-6-7-14/h1-5,8-10,14,29,31H,6-7,11-12H2,(H,28,30)/t19-/m1/s1. The maximum Gasteiger partial charge on any atom is 0.423 e. The third kappa shape index (κ3) is 5.49. The summed E-state index contributed by atoms with van der Waals surface area (Å²) in [5, 5.41) is 15.5. The summed E-state index contributed by atoms with van der Waals surface area (Å²) in [6.45, 7) is -0.818. The Morgan fingerprint density at radius 3 is 2.13 bits per heavy atom. The minimum Gasteiger partial charge on any atom is -0.381 e. The molecule has 1 aliphatic carbocycles. The summed E-state index contributed by atoms with van der Waals surface area (Å²) in [6.07, 6.45) is -8.34. The molecule has 0 bridgehead atoms. The van der Waals surface area contributed by atoms with Crippen LogP contribution in [-0.4, -0.2) is 23.7 Å². The number of anilines is 1. The van der Waals surface area contributed by atoms with Crippen molar-refractivity contribution in [2.24, 2.45) is 5.92 Å². The van der Waals surface area contributed by atoms with E-state index >= 15 is 0 Å². The molecule has 10 heteroatoms. The predicted molar refractivity (Wildman–Crippen MR) is 101 cm³/mol. The van der Waals surface area contributed by atoms with Gasteiger partial charge in [-0.3, -0.25) is 4.79 Å². The molecular weight excluding hydrogens is 426 g/mol. The Balaban J connectivity index is 1.71. The van der Waals surface area contributed by atoms with E-state index in [-0.39, 0.29) is 24.1 Å². The highest BCUT2D eigenvalue weighted by atomic mass is 19.4. The fourth-order valence-electron chi connectivity index (χ4n) is 2.97. The molecule has 1 saturated carbocycles. The van der Waals surface area contributed by atoms with E-state index in [9.17, 15) is 36.2 Å². The average Bonchev–Trinajstić information content (AvgIpc) is 3.55. The van der Waals surface area contributed by atoms with Crippen LogP contribution in [0.4, 0.5) is 32.0 Å². The van der Waals surface area contributed by atoms with Crippen molar-refractivity contribution >= 4 is 11.6 Å². The van der Waals surface area contributed by atoms with Gasteiger partial charge in [0.05, 0.1) is 12.1 Å². The topological polar surface area (TPSA) is 61.4 Å². The zero-order valence-electron chi connectivity index (χ0n) is 16.1. The molecule has 1 fully saturated rings. The summed E-state index contributed by atoms with van der Waals surface area (Å²) < 4.78 is 79.6. The third-order valence-corrected chi connectivity index (χ3v) is 5.05.